The van der Waals surface area contributed by atoms with Crippen molar-refractivity contribution in [2.45, 2.75) is 26.4 Å². The van der Waals surface area contributed by atoms with Crippen LogP contribution in [-0.2, 0) is 0 Å². The topological polar surface area (TPSA) is 35.5 Å². The lowest BCUT2D eigenvalue weighted by Crippen LogP contribution is -2.28. The van der Waals surface area contributed by atoms with Gasteiger partial charge in [-0.2, -0.15) is 0 Å². The maximum atomic E-state index is 9.95. The SMILES string of the molecule is CCN(CC)CCCNC[C@@H](O)c1ccccc1. The first-order valence-corrected chi connectivity index (χ1v) is 6.94. The molecule has 1 aromatic carbocycles. The number of rotatable bonds is 9. The van der Waals surface area contributed by atoms with Crippen LogP contribution >= 0.6 is 0 Å². The van der Waals surface area contributed by atoms with Crippen molar-refractivity contribution in [1.29, 1.82) is 0 Å². The molecule has 0 heterocycles. The Hall–Kier alpha value is -0.900. The molecule has 102 valence electrons. The summed E-state index contributed by atoms with van der Waals surface area (Å²) in [4.78, 5) is 2.41. The predicted molar refractivity (Wildman–Crippen MR) is 76.7 cm³/mol. The van der Waals surface area contributed by atoms with Crippen LogP contribution in [0.4, 0.5) is 0 Å². The molecule has 0 radical (unpaired) electrons. The molecule has 1 atom stereocenters. The highest BCUT2D eigenvalue weighted by Crippen LogP contribution is 2.10. The molecular weight excluding hydrogens is 224 g/mol. The Kier molecular flexibility index (Phi) is 7.65. The van der Waals surface area contributed by atoms with E-state index >= 15 is 0 Å². The van der Waals surface area contributed by atoms with Crippen LogP contribution in [0.2, 0.25) is 0 Å². The second-order valence-electron chi connectivity index (χ2n) is 4.51. The molecule has 3 heteroatoms. The summed E-state index contributed by atoms with van der Waals surface area (Å²) in [5.41, 5.74) is 0.980. The van der Waals surface area contributed by atoms with Crippen molar-refractivity contribution < 1.29 is 5.11 Å². The van der Waals surface area contributed by atoms with E-state index in [9.17, 15) is 5.11 Å². The molecule has 0 saturated carbocycles. The van der Waals surface area contributed by atoms with Crippen LogP contribution in [-0.4, -0.2) is 42.7 Å². The van der Waals surface area contributed by atoms with E-state index in [4.69, 9.17) is 0 Å². The Bertz CT molecular complexity index is 299. The number of nitrogens with zero attached hydrogens (tertiary/aromatic N) is 1. The molecule has 0 aliphatic rings. The molecule has 2 N–H and O–H groups in total. The molecule has 1 aromatic rings. The molecule has 0 unspecified atom stereocenters. The minimum Gasteiger partial charge on any atom is -0.387 e. The number of aliphatic hydroxyl groups is 1. The van der Waals surface area contributed by atoms with E-state index in [0.717, 1.165) is 38.2 Å². The van der Waals surface area contributed by atoms with Gasteiger partial charge in [-0.3, -0.25) is 0 Å². The van der Waals surface area contributed by atoms with Crippen molar-refractivity contribution in [1.82, 2.24) is 10.2 Å². The van der Waals surface area contributed by atoms with Gasteiger partial charge in [-0.05, 0) is 38.2 Å². The Labute approximate surface area is 111 Å². The molecule has 0 spiro atoms. The highest BCUT2D eigenvalue weighted by atomic mass is 16.3. The van der Waals surface area contributed by atoms with E-state index in [0.29, 0.717) is 6.54 Å². The normalized spacial score (nSPS) is 12.9. The van der Waals surface area contributed by atoms with E-state index in [1.54, 1.807) is 0 Å². The van der Waals surface area contributed by atoms with E-state index < -0.39 is 6.10 Å². The van der Waals surface area contributed by atoms with Crippen molar-refractivity contribution in [3.05, 3.63) is 35.9 Å². The zero-order chi connectivity index (χ0) is 13.2. The molecule has 1 rings (SSSR count). The van der Waals surface area contributed by atoms with Crippen molar-refractivity contribution in [3.63, 3.8) is 0 Å². The van der Waals surface area contributed by atoms with Crippen molar-refractivity contribution in [2.75, 3.05) is 32.7 Å². The average Bonchev–Trinajstić information content (AvgIpc) is 2.43. The van der Waals surface area contributed by atoms with Gasteiger partial charge in [0, 0.05) is 6.54 Å². The number of hydrogen-bond acceptors (Lipinski definition) is 3. The summed E-state index contributed by atoms with van der Waals surface area (Å²) in [6.45, 7) is 9.32. The van der Waals surface area contributed by atoms with Gasteiger partial charge in [0.25, 0.3) is 0 Å². The Morgan fingerprint density at radius 3 is 2.44 bits per heavy atom. The molecule has 0 amide bonds. The number of aliphatic hydroxyl groups excluding tert-OH is 1. The van der Waals surface area contributed by atoms with Crippen LogP contribution in [0.3, 0.4) is 0 Å². The fourth-order valence-electron chi connectivity index (χ4n) is 2.00. The summed E-state index contributed by atoms with van der Waals surface area (Å²) in [6, 6.07) is 9.80. The lowest BCUT2D eigenvalue weighted by Gasteiger charge is -2.18. The zero-order valence-corrected chi connectivity index (χ0v) is 11.6. The summed E-state index contributed by atoms with van der Waals surface area (Å²) in [5, 5.41) is 13.3. The van der Waals surface area contributed by atoms with Gasteiger partial charge in [0.15, 0.2) is 0 Å². The fraction of sp³-hybridized carbons (Fsp3) is 0.600. The van der Waals surface area contributed by atoms with Crippen LogP contribution in [0.15, 0.2) is 30.3 Å². The summed E-state index contributed by atoms with van der Waals surface area (Å²) in [5.74, 6) is 0. The van der Waals surface area contributed by atoms with Gasteiger partial charge < -0.3 is 15.3 Å². The first-order chi connectivity index (χ1) is 8.77. The van der Waals surface area contributed by atoms with Crippen molar-refractivity contribution in [3.8, 4) is 0 Å². The van der Waals surface area contributed by atoms with Crippen molar-refractivity contribution >= 4 is 0 Å². The van der Waals surface area contributed by atoms with E-state index in [-0.39, 0.29) is 0 Å². The Morgan fingerprint density at radius 1 is 1.17 bits per heavy atom. The highest BCUT2D eigenvalue weighted by Gasteiger charge is 2.05. The maximum Gasteiger partial charge on any atom is 0.0914 e. The van der Waals surface area contributed by atoms with Gasteiger partial charge in [-0.1, -0.05) is 44.2 Å². The van der Waals surface area contributed by atoms with Crippen molar-refractivity contribution in [2.24, 2.45) is 0 Å². The molecule has 0 aliphatic heterocycles. The maximum absolute atomic E-state index is 9.95. The quantitative estimate of drug-likeness (QED) is 0.658. The van der Waals surface area contributed by atoms with Crippen LogP contribution in [0.25, 0.3) is 0 Å². The lowest BCUT2D eigenvalue weighted by molar-refractivity contribution is 0.174. The first-order valence-electron chi connectivity index (χ1n) is 6.94. The second kappa shape index (κ2) is 9.09. The highest BCUT2D eigenvalue weighted by molar-refractivity contribution is 5.17. The van der Waals surface area contributed by atoms with E-state index in [1.165, 1.54) is 0 Å². The third-order valence-corrected chi connectivity index (χ3v) is 3.24. The third kappa shape index (κ3) is 5.63. The summed E-state index contributed by atoms with van der Waals surface area (Å²) < 4.78 is 0. The molecule has 0 aromatic heterocycles. The fourth-order valence-corrected chi connectivity index (χ4v) is 2.00. The third-order valence-electron chi connectivity index (χ3n) is 3.24. The molecule has 0 fully saturated rings. The van der Waals surface area contributed by atoms with E-state index in [1.807, 2.05) is 30.3 Å². The van der Waals surface area contributed by atoms with Gasteiger partial charge in [-0.25, -0.2) is 0 Å². The molecular formula is C15H26N2O. The first kappa shape index (κ1) is 15.2. The Morgan fingerprint density at radius 2 is 1.83 bits per heavy atom. The minimum atomic E-state index is -0.403. The Balaban J connectivity index is 2.11. The smallest absolute Gasteiger partial charge is 0.0914 e. The minimum absolute atomic E-state index is 0.403. The largest absolute Gasteiger partial charge is 0.387 e. The van der Waals surface area contributed by atoms with Crippen LogP contribution in [0.1, 0.15) is 31.9 Å². The summed E-state index contributed by atoms with van der Waals surface area (Å²) >= 11 is 0. The molecule has 18 heavy (non-hydrogen) atoms. The van der Waals surface area contributed by atoms with Gasteiger partial charge >= 0.3 is 0 Å². The predicted octanol–water partition coefficient (Wildman–Crippen LogP) is 2.04. The van der Waals surface area contributed by atoms with E-state index in [2.05, 4.69) is 24.1 Å². The standard InChI is InChI=1S/C15H26N2O/c1-3-17(4-2)12-8-11-16-13-15(18)14-9-6-5-7-10-14/h5-7,9-10,15-16,18H,3-4,8,11-13H2,1-2H3/t15-/m1/s1. The molecule has 0 aliphatic carbocycles. The van der Waals surface area contributed by atoms with Gasteiger partial charge in [0.1, 0.15) is 0 Å². The van der Waals surface area contributed by atoms with Gasteiger partial charge in [0.05, 0.1) is 6.10 Å². The second-order valence-corrected chi connectivity index (χ2v) is 4.51. The average molecular weight is 250 g/mol. The lowest BCUT2D eigenvalue weighted by atomic mass is 10.1. The van der Waals surface area contributed by atoms with Gasteiger partial charge in [0.2, 0.25) is 0 Å². The molecule has 3 nitrogen and oxygen atoms in total. The zero-order valence-electron chi connectivity index (χ0n) is 11.6. The summed E-state index contributed by atoms with van der Waals surface area (Å²) in [6.07, 6.45) is 0.725. The number of benzene rings is 1. The number of nitrogens with one attached hydrogen (secondary N) is 1. The van der Waals surface area contributed by atoms with Gasteiger partial charge in [-0.15, -0.1) is 0 Å². The monoisotopic (exact) mass is 250 g/mol. The van der Waals surface area contributed by atoms with Crippen LogP contribution in [0, 0.1) is 0 Å². The van der Waals surface area contributed by atoms with Crippen LogP contribution < -0.4 is 5.32 Å². The molecule has 0 saturated heterocycles. The number of hydrogen-bond donors (Lipinski definition) is 2. The summed E-state index contributed by atoms with van der Waals surface area (Å²) in [7, 11) is 0. The molecule has 0 bridgehead atoms. The van der Waals surface area contributed by atoms with Crippen LogP contribution in [0.5, 0.6) is 0 Å².